The number of nitrogens with zero attached hydrogens (tertiary/aromatic N) is 2. The van der Waals surface area contributed by atoms with E-state index < -0.39 is 0 Å². The molecule has 0 spiro atoms. The van der Waals surface area contributed by atoms with Crippen LogP contribution in [-0.2, 0) is 16.1 Å². The Labute approximate surface area is 165 Å². The Balaban J connectivity index is 1.54. The summed E-state index contributed by atoms with van der Waals surface area (Å²) in [5, 5.41) is 5.10. The monoisotopic (exact) mass is 385 g/mol. The standard InChI is InChI=1S/C21H27N3O2S/c1-15-6-8-16(9-7-15)13-24-14-17(11-20(24)25)21(26)22-12-18(23(2)3)19-5-4-10-27-19/h4-10,17-18H,11-14H2,1-3H3,(H,22,26)/t17-,18-/m1/s1. The molecule has 144 valence electrons. The number of hydrogen-bond acceptors (Lipinski definition) is 4. The molecule has 2 aromatic rings. The highest BCUT2D eigenvalue weighted by Gasteiger charge is 2.34. The van der Waals surface area contributed by atoms with Gasteiger partial charge in [0.2, 0.25) is 11.8 Å². The fourth-order valence-corrected chi connectivity index (χ4v) is 4.30. The minimum absolute atomic E-state index is 0.0295. The van der Waals surface area contributed by atoms with Gasteiger partial charge in [-0.15, -0.1) is 11.3 Å². The lowest BCUT2D eigenvalue weighted by molar-refractivity contribution is -0.129. The molecule has 2 heterocycles. The highest BCUT2D eigenvalue weighted by atomic mass is 32.1. The Kier molecular flexibility index (Phi) is 6.29. The van der Waals surface area contributed by atoms with Crippen molar-refractivity contribution in [2.45, 2.75) is 25.9 Å². The summed E-state index contributed by atoms with van der Waals surface area (Å²) in [7, 11) is 4.03. The molecule has 1 aliphatic rings. The summed E-state index contributed by atoms with van der Waals surface area (Å²) in [6, 6.07) is 12.4. The third-order valence-corrected chi connectivity index (χ3v) is 6.02. The number of carbonyl (C=O) groups excluding carboxylic acids is 2. The van der Waals surface area contributed by atoms with Crippen molar-refractivity contribution in [2.75, 3.05) is 27.2 Å². The molecule has 5 nitrogen and oxygen atoms in total. The molecule has 1 N–H and O–H groups in total. The summed E-state index contributed by atoms with van der Waals surface area (Å²) in [6.07, 6.45) is 0.295. The highest BCUT2D eigenvalue weighted by Crippen LogP contribution is 2.24. The van der Waals surface area contributed by atoms with Crippen LogP contribution in [0, 0.1) is 12.8 Å². The number of carbonyl (C=O) groups is 2. The number of thiophene rings is 1. The summed E-state index contributed by atoms with van der Waals surface area (Å²) >= 11 is 1.69. The molecule has 1 aliphatic heterocycles. The molecule has 0 saturated carbocycles. The van der Waals surface area contributed by atoms with Gasteiger partial charge >= 0.3 is 0 Å². The van der Waals surface area contributed by atoms with Crippen LogP contribution in [0.3, 0.4) is 0 Å². The van der Waals surface area contributed by atoms with Gasteiger partial charge in [0.05, 0.1) is 12.0 Å². The number of hydrogen-bond donors (Lipinski definition) is 1. The molecule has 0 bridgehead atoms. The van der Waals surface area contributed by atoms with Crippen LogP contribution < -0.4 is 5.32 Å². The molecule has 2 atom stereocenters. The van der Waals surface area contributed by atoms with Gasteiger partial charge in [-0.05, 0) is 38.0 Å². The SMILES string of the molecule is Cc1ccc(CN2C[C@H](C(=O)NC[C@H](c3cccs3)N(C)C)CC2=O)cc1. The van der Waals surface area contributed by atoms with Crippen LogP contribution in [0.4, 0.5) is 0 Å². The van der Waals surface area contributed by atoms with E-state index in [1.54, 1.807) is 16.2 Å². The van der Waals surface area contributed by atoms with Crippen molar-refractivity contribution in [1.29, 1.82) is 0 Å². The number of amides is 2. The topological polar surface area (TPSA) is 52.7 Å². The molecule has 1 aromatic carbocycles. The second-order valence-corrected chi connectivity index (χ2v) is 8.38. The zero-order valence-electron chi connectivity index (χ0n) is 16.1. The van der Waals surface area contributed by atoms with Gasteiger partial charge in [0.15, 0.2) is 0 Å². The molecule has 1 fully saturated rings. The molecule has 27 heavy (non-hydrogen) atoms. The van der Waals surface area contributed by atoms with Gasteiger partial charge in [0, 0.05) is 30.9 Å². The van der Waals surface area contributed by atoms with Crippen molar-refractivity contribution in [3.63, 3.8) is 0 Å². The van der Waals surface area contributed by atoms with E-state index in [0.717, 1.165) is 5.56 Å². The molecule has 1 saturated heterocycles. The largest absolute Gasteiger partial charge is 0.354 e. The fourth-order valence-electron chi connectivity index (χ4n) is 3.37. The van der Waals surface area contributed by atoms with Gasteiger partial charge in [-0.2, -0.15) is 0 Å². The molecule has 3 rings (SSSR count). The fraction of sp³-hybridized carbons (Fsp3) is 0.429. The molecule has 6 heteroatoms. The predicted molar refractivity (Wildman–Crippen MR) is 108 cm³/mol. The van der Waals surface area contributed by atoms with E-state index in [4.69, 9.17) is 0 Å². The Bertz CT molecular complexity index is 771. The number of likely N-dealkylation sites (N-methyl/N-ethyl adjacent to an activating group) is 1. The maximum atomic E-state index is 12.6. The number of likely N-dealkylation sites (tertiary alicyclic amines) is 1. The van der Waals surface area contributed by atoms with Crippen LogP contribution in [0.2, 0.25) is 0 Å². The van der Waals surface area contributed by atoms with E-state index in [1.165, 1.54) is 10.4 Å². The lowest BCUT2D eigenvalue weighted by Crippen LogP contribution is -2.38. The van der Waals surface area contributed by atoms with Crippen molar-refractivity contribution in [1.82, 2.24) is 15.1 Å². The third-order valence-electron chi connectivity index (χ3n) is 5.04. The van der Waals surface area contributed by atoms with Crippen molar-refractivity contribution < 1.29 is 9.59 Å². The molecular weight excluding hydrogens is 358 g/mol. The lowest BCUT2D eigenvalue weighted by atomic mass is 10.1. The van der Waals surface area contributed by atoms with Gasteiger partial charge in [-0.25, -0.2) is 0 Å². The average molecular weight is 386 g/mol. The summed E-state index contributed by atoms with van der Waals surface area (Å²) in [5.74, 6) is -0.245. The van der Waals surface area contributed by atoms with Crippen LogP contribution in [0.25, 0.3) is 0 Å². The summed E-state index contributed by atoms with van der Waals surface area (Å²) in [4.78, 5) is 30.1. The van der Waals surface area contributed by atoms with Crippen LogP contribution >= 0.6 is 11.3 Å². The molecule has 0 radical (unpaired) electrons. The van der Waals surface area contributed by atoms with E-state index in [9.17, 15) is 9.59 Å². The van der Waals surface area contributed by atoms with Crippen LogP contribution in [0.1, 0.15) is 28.5 Å². The Hall–Kier alpha value is -2.18. The van der Waals surface area contributed by atoms with Crippen molar-refractivity contribution >= 4 is 23.2 Å². The first-order chi connectivity index (χ1) is 12.9. The number of rotatable bonds is 7. The van der Waals surface area contributed by atoms with E-state index in [-0.39, 0.29) is 23.8 Å². The molecule has 0 unspecified atom stereocenters. The maximum absolute atomic E-state index is 12.6. The summed E-state index contributed by atoms with van der Waals surface area (Å²) in [5.41, 5.74) is 2.30. The van der Waals surface area contributed by atoms with Gasteiger partial charge in [-0.1, -0.05) is 35.9 Å². The van der Waals surface area contributed by atoms with Gasteiger partial charge in [0.25, 0.3) is 0 Å². The van der Waals surface area contributed by atoms with Crippen LogP contribution in [0.15, 0.2) is 41.8 Å². The maximum Gasteiger partial charge on any atom is 0.225 e. The second-order valence-electron chi connectivity index (χ2n) is 7.40. The second kappa shape index (κ2) is 8.67. The smallest absolute Gasteiger partial charge is 0.225 e. The van der Waals surface area contributed by atoms with E-state index in [0.29, 0.717) is 26.1 Å². The molecular formula is C21H27N3O2S. The first-order valence-corrected chi connectivity index (χ1v) is 10.1. The minimum Gasteiger partial charge on any atom is -0.354 e. The normalized spacial score (nSPS) is 18.1. The lowest BCUT2D eigenvalue weighted by Gasteiger charge is -2.24. The predicted octanol–water partition coefficient (Wildman–Crippen LogP) is 2.82. The third kappa shape index (κ3) is 4.96. The zero-order valence-corrected chi connectivity index (χ0v) is 17.0. The molecule has 0 aliphatic carbocycles. The Morgan fingerprint density at radius 3 is 2.67 bits per heavy atom. The van der Waals surface area contributed by atoms with Gasteiger partial charge < -0.3 is 15.1 Å². The van der Waals surface area contributed by atoms with E-state index in [2.05, 4.69) is 16.3 Å². The number of benzene rings is 1. The number of nitrogens with one attached hydrogen (secondary N) is 1. The highest BCUT2D eigenvalue weighted by molar-refractivity contribution is 7.10. The zero-order chi connectivity index (χ0) is 19.4. The van der Waals surface area contributed by atoms with Crippen molar-refractivity contribution in [3.8, 4) is 0 Å². The Morgan fingerprint density at radius 1 is 1.30 bits per heavy atom. The van der Waals surface area contributed by atoms with E-state index in [1.807, 2.05) is 56.7 Å². The molecule has 2 amide bonds. The Morgan fingerprint density at radius 2 is 2.04 bits per heavy atom. The van der Waals surface area contributed by atoms with Gasteiger partial charge in [0.1, 0.15) is 0 Å². The summed E-state index contributed by atoms with van der Waals surface area (Å²) in [6.45, 7) is 3.65. The quantitative estimate of drug-likeness (QED) is 0.797. The van der Waals surface area contributed by atoms with E-state index >= 15 is 0 Å². The first-order valence-electron chi connectivity index (χ1n) is 9.25. The average Bonchev–Trinajstić information content (AvgIpc) is 3.27. The molecule has 1 aromatic heterocycles. The number of aryl methyl sites for hydroxylation is 1. The van der Waals surface area contributed by atoms with Crippen LogP contribution in [-0.4, -0.2) is 48.8 Å². The van der Waals surface area contributed by atoms with Crippen LogP contribution in [0.5, 0.6) is 0 Å². The van der Waals surface area contributed by atoms with Crippen molar-refractivity contribution in [2.24, 2.45) is 5.92 Å². The first kappa shape index (κ1) is 19.6. The van der Waals surface area contributed by atoms with Crippen molar-refractivity contribution in [3.05, 3.63) is 57.8 Å². The summed E-state index contributed by atoms with van der Waals surface area (Å²) < 4.78 is 0. The minimum atomic E-state index is -0.269. The van der Waals surface area contributed by atoms with Gasteiger partial charge in [-0.3, -0.25) is 9.59 Å².